The van der Waals surface area contributed by atoms with Crippen LogP contribution in [0.15, 0.2) is 53.7 Å². The summed E-state index contributed by atoms with van der Waals surface area (Å²) in [6.45, 7) is 6.05. The number of benzene rings is 2. The molecule has 0 bridgehead atoms. The van der Waals surface area contributed by atoms with Crippen LogP contribution in [-0.4, -0.2) is 29.3 Å². The van der Waals surface area contributed by atoms with Crippen LogP contribution in [0.25, 0.3) is 10.9 Å². The van der Waals surface area contributed by atoms with Crippen molar-refractivity contribution in [1.29, 1.82) is 5.26 Å². The van der Waals surface area contributed by atoms with E-state index in [1.54, 1.807) is 24.5 Å². The van der Waals surface area contributed by atoms with E-state index in [9.17, 15) is 18.5 Å². The Balaban J connectivity index is 1.35. The maximum absolute atomic E-state index is 13.0. The Bertz CT molecular complexity index is 1670. The van der Waals surface area contributed by atoms with E-state index in [4.69, 9.17) is 4.74 Å². The van der Waals surface area contributed by atoms with Crippen molar-refractivity contribution in [1.82, 2.24) is 15.0 Å². The summed E-state index contributed by atoms with van der Waals surface area (Å²) >= 11 is 0. The molecule has 0 fully saturated rings. The minimum Gasteiger partial charge on any atom is -0.364 e. The summed E-state index contributed by atoms with van der Waals surface area (Å²) in [7, 11) is -3.96. The first-order valence-electron chi connectivity index (χ1n) is 11.0. The lowest BCUT2D eigenvalue weighted by atomic mass is 10.0. The second-order valence-electron chi connectivity index (χ2n) is 8.94. The molecule has 3 heterocycles. The van der Waals surface area contributed by atoms with Gasteiger partial charge in [0.2, 0.25) is 5.95 Å². The Morgan fingerprint density at radius 2 is 1.94 bits per heavy atom. The number of aryl methyl sites for hydroxylation is 1. The van der Waals surface area contributed by atoms with Crippen molar-refractivity contribution >= 4 is 38.5 Å². The van der Waals surface area contributed by atoms with Gasteiger partial charge in [-0.2, -0.15) is 5.26 Å². The highest BCUT2D eigenvalue weighted by Gasteiger charge is 2.33. The predicted octanol–water partition coefficient (Wildman–Crippen LogP) is 3.96. The van der Waals surface area contributed by atoms with Crippen LogP contribution in [0.2, 0.25) is 0 Å². The summed E-state index contributed by atoms with van der Waals surface area (Å²) in [5, 5.41) is 12.6. The molecule has 4 aromatic rings. The number of carbonyl (C=O) groups is 1. The highest BCUT2D eigenvalue weighted by atomic mass is 32.2. The first-order chi connectivity index (χ1) is 17.1. The van der Waals surface area contributed by atoms with Crippen LogP contribution in [0.1, 0.15) is 46.6 Å². The molecule has 0 aliphatic carbocycles. The Hall–Kier alpha value is -4.27. The Labute approximate surface area is 207 Å². The number of aromatic nitrogens is 3. The zero-order chi connectivity index (χ0) is 25.7. The highest BCUT2D eigenvalue weighted by molar-refractivity contribution is 7.92. The zero-order valence-electron chi connectivity index (χ0n) is 19.7. The molecule has 182 valence electrons. The molecule has 11 heteroatoms. The number of aromatic amines is 1. The number of nitrogens with one attached hydrogen (secondary N) is 3. The molecule has 3 N–H and O–H groups in total. The molecule has 2 aromatic heterocycles. The summed E-state index contributed by atoms with van der Waals surface area (Å²) < 4.78 is 34.3. The third kappa shape index (κ3) is 4.06. The number of nitriles is 1. The van der Waals surface area contributed by atoms with Crippen LogP contribution in [0, 0.1) is 18.3 Å². The van der Waals surface area contributed by atoms with Gasteiger partial charge in [0.05, 0.1) is 34.0 Å². The lowest BCUT2D eigenvalue weighted by Gasteiger charge is -2.17. The third-order valence-corrected chi connectivity index (χ3v) is 7.47. The van der Waals surface area contributed by atoms with Crippen LogP contribution in [0.3, 0.4) is 0 Å². The number of fused-ring (bicyclic) bond motifs is 2. The molecule has 5 rings (SSSR count). The van der Waals surface area contributed by atoms with Crippen molar-refractivity contribution in [2.45, 2.75) is 37.9 Å². The molecule has 10 nitrogen and oxygen atoms in total. The van der Waals surface area contributed by atoms with Gasteiger partial charge in [-0.3, -0.25) is 14.8 Å². The summed E-state index contributed by atoms with van der Waals surface area (Å²) in [5.74, 6) is -0.332. The first-order valence-corrected chi connectivity index (χ1v) is 12.5. The monoisotopic (exact) mass is 502 g/mol. The topological polar surface area (TPSA) is 150 Å². The van der Waals surface area contributed by atoms with E-state index < -0.39 is 21.5 Å². The maximum Gasteiger partial charge on any atom is 0.261 e. The Kier molecular flexibility index (Phi) is 5.50. The molecule has 0 saturated carbocycles. The van der Waals surface area contributed by atoms with E-state index in [1.165, 1.54) is 24.3 Å². The second-order valence-corrected chi connectivity index (χ2v) is 10.6. The average molecular weight is 503 g/mol. The molecular weight excluding hydrogens is 480 g/mol. The zero-order valence-corrected chi connectivity index (χ0v) is 20.5. The molecule has 0 unspecified atom stereocenters. The van der Waals surface area contributed by atoms with Crippen molar-refractivity contribution in [2.24, 2.45) is 0 Å². The number of anilines is 2. The van der Waals surface area contributed by atoms with Gasteiger partial charge in [-0.1, -0.05) is 6.07 Å². The predicted molar refractivity (Wildman–Crippen MR) is 133 cm³/mol. The van der Waals surface area contributed by atoms with Gasteiger partial charge < -0.3 is 9.72 Å². The number of carbonyl (C=O) groups excluding carboxylic acids is 1. The number of H-pyrrole nitrogens is 1. The number of nitrogens with zero attached hydrogens (tertiary/aromatic N) is 3. The van der Waals surface area contributed by atoms with Crippen molar-refractivity contribution in [3.8, 4) is 6.07 Å². The SMILES string of the molecule is Cc1ccc(NS(=O)(=O)c2ccc(C(=O)Nc3ncc4c(n3)C(C)(C)OC4)cc2)c2[nH]cc(C#N)c12. The number of ether oxygens (including phenoxy) is 1. The summed E-state index contributed by atoms with van der Waals surface area (Å²) in [6.07, 6.45) is 3.17. The van der Waals surface area contributed by atoms with Gasteiger partial charge in [-0.05, 0) is 56.7 Å². The fraction of sp³-hybridized carbons (Fsp3) is 0.200. The van der Waals surface area contributed by atoms with Gasteiger partial charge >= 0.3 is 0 Å². The van der Waals surface area contributed by atoms with Crippen LogP contribution in [0.5, 0.6) is 0 Å². The number of sulfonamides is 1. The minimum atomic E-state index is -3.96. The van der Waals surface area contributed by atoms with Gasteiger partial charge in [-0.25, -0.2) is 18.4 Å². The molecule has 0 radical (unpaired) electrons. The molecule has 1 amide bonds. The van der Waals surface area contributed by atoms with Crippen molar-refractivity contribution in [3.63, 3.8) is 0 Å². The molecule has 0 atom stereocenters. The van der Waals surface area contributed by atoms with E-state index in [0.29, 0.717) is 28.8 Å². The second kappa shape index (κ2) is 8.44. The van der Waals surface area contributed by atoms with E-state index in [0.717, 1.165) is 16.8 Å². The van der Waals surface area contributed by atoms with Crippen molar-refractivity contribution < 1.29 is 17.9 Å². The van der Waals surface area contributed by atoms with Gasteiger partial charge in [0.15, 0.2) is 0 Å². The van der Waals surface area contributed by atoms with E-state index in [1.807, 2.05) is 20.8 Å². The summed E-state index contributed by atoms with van der Waals surface area (Å²) in [5.41, 5.74) is 3.39. The van der Waals surface area contributed by atoms with E-state index >= 15 is 0 Å². The number of rotatable bonds is 5. The smallest absolute Gasteiger partial charge is 0.261 e. The molecule has 2 aromatic carbocycles. The summed E-state index contributed by atoms with van der Waals surface area (Å²) in [6, 6.07) is 11.0. The highest BCUT2D eigenvalue weighted by Crippen LogP contribution is 2.34. The molecule has 36 heavy (non-hydrogen) atoms. The number of hydrogen-bond donors (Lipinski definition) is 3. The molecule has 1 aliphatic rings. The molecule has 0 spiro atoms. The summed E-state index contributed by atoms with van der Waals surface area (Å²) in [4.78, 5) is 24.3. The van der Waals surface area contributed by atoms with Crippen LogP contribution in [0.4, 0.5) is 11.6 Å². The lowest BCUT2D eigenvalue weighted by Crippen LogP contribution is -2.19. The van der Waals surface area contributed by atoms with Gasteiger partial charge in [-0.15, -0.1) is 0 Å². The van der Waals surface area contributed by atoms with Gasteiger partial charge in [0.25, 0.3) is 15.9 Å². The minimum absolute atomic E-state index is 0.0208. The lowest BCUT2D eigenvalue weighted by molar-refractivity contribution is -0.0100. The van der Waals surface area contributed by atoms with Gasteiger partial charge in [0.1, 0.15) is 11.7 Å². The maximum atomic E-state index is 13.0. The molecule has 0 saturated heterocycles. The van der Waals surface area contributed by atoms with Crippen LogP contribution < -0.4 is 10.0 Å². The van der Waals surface area contributed by atoms with Crippen molar-refractivity contribution in [3.05, 3.63) is 76.7 Å². The van der Waals surface area contributed by atoms with Crippen LogP contribution >= 0.6 is 0 Å². The molecule has 1 aliphatic heterocycles. The first kappa shape index (κ1) is 23.5. The normalized spacial score (nSPS) is 14.3. The Morgan fingerprint density at radius 1 is 1.19 bits per heavy atom. The fourth-order valence-electron chi connectivity index (χ4n) is 4.18. The van der Waals surface area contributed by atoms with Crippen LogP contribution in [-0.2, 0) is 27.0 Å². The molecular formula is C25H22N6O4S. The van der Waals surface area contributed by atoms with E-state index in [2.05, 4.69) is 31.1 Å². The largest absolute Gasteiger partial charge is 0.364 e. The third-order valence-electron chi connectivity index (χ3n) is 6.08. The fourth-order valence-corrected chi connectivity index (χ4v) is 5.25. The number of hydrogen-bond acceptors (Lipinski definition) is 7. The van der Waals surface area contributed by atoms with E-state index in [-0.39, 0.29) is 16.4 Å². The van der Waals surface area contributed by atoms with Crippen molar-refractivity contribution in [2.75, 3.05) is 10.0 Å². The van der Waals surface area contributed by atoms with Gasteiger partial charge in [0, 0.05) is 28.9 Å². The standard InChI is InChI=1S/C25H22N6O4S/c1-14-4-9-19(21-20(14)16(10-26)11-27-21)31-36(33,34)18-7-5-15(6-8-18)23(32)30-24-28-12-17-13-35-25(2,3)22(17)29-24/h4-9,11-12,27,31H,13H2,1-3H3,(H,28,29,30,32). The Morgan fingerprint density at radius 3 is 2.67 bits per heavy atom. The average Bonchev–Trinajstić information content (AvgIpc) is 3.42. The quantitative estimate of drug-likeness (QED) is 0.374. The number of amides is 1.